The molecule has 2 saturated heterocycles. The fourth-order valence-corrected chi connectivity index (χ4v) is 9.07. The molecule has 4 aliphatic rings. The summed E-state index contributed by atoms with van der Waals surface area (Å²) in [6.07, 6.45) is -34.3. The maximum Gasteiger partial charge on any atom is 0.219 e. The summed E-state index contributed by atoms with van der Waals surface area (Å²) in [7, 11) is 0. The van der Waals surface area contributed by atoms with Gasteiger partial charge in [-0.1, -0.05) is 36.4 Å². The van der Waals surface area contributed by atoms with Crippen LogP contribution in [0.4, 0.5) is 0 Å². The molecule has 17 atom stereocenters. The van der Waals surface area contributed by atoms with E-state index in [0.717, 1.165) is 36.4 Å². The summed E-state index contributed by atoms with van der Waals surface area (Å²) in [5.74, 6) is -20.2. The maximum atomic E-state index is 15.3. The fraction of sp³-hybridized carbons (Fsp3) is 0.417. The monoisotopic (exact) mass is 1060 g/mol. The molecule has 6 rings (SSSR count). The number of ketones is 4. The largest absolute Gasteiger partial charge is 0.508 e. The summed E-state index contributed by atoms with van der Waals surface area (Å²) in [6, 6.07) is 9.47. The van der Waals surface area contributed by atoms with E-state index in [-0.39, 0.29) is 22.6 Å². The van der Waals surface area contributed by atoms with E-state index in [1.807, 2.05) is 0 Å². The lowest BCUT2D eigenvalue weighted by molar-refractivity contribution is -0.261. The van der Waals surface area contributed by atoms with Crippen molar-refractivity contribution in [2.45, 2.75) is 96.7 Å². The molecule has 75 heavy (non-hydrogen) atoms. The van der Waals surface area contributed by atoms with Crippen molar-refractivity contribution >= 4 is 35.3 Å². The number of hydrogen-bond acceptors (Lipinski definition) is 27. The van der Waals surface area contributed by atoms with E-state index >= 15 is 9.59 Å². The Kier molecular flexibility index (Phi) is 17.4. The van der Waals surface area contributed by atoms with Crippen molar-refractivity contribution < 1.29 is 136 Å². The Labute approximate surface area is 421 Å². The van der Waals surface area contributed by atoms with E-state index in [2.05, 4.69) is 0 Å². The zero-order chi connectivity index (χ0) is 55.9. The van der Waals surface area contributed by atoms with E-state index in [1.165, 1.54) is 24.3 Å². The van der Waals surface area contributed by atoms with Crippen LogP contribution in [-0.2, 0) is 28.7 Å². The van der Waals surface area contributed by atoms with E-state index < -0.39 is 191 Å². The van der Waals surface area contributed by atoms with Crippen LogP contribution in [0.1, 0.15) is 11.1 Å². The third kappa shape index (κ3) is 10.1. The summed E-state index contributed by atoms with van der Waals surface area (Å²) in [4.78, 5) is 60.1. The number of allylic oxidation sites excluding steroid dienone is 4. The number of Topliss-reactive ketones (excluding diaryl/α,β-unsaturated/α-hetero) is 4. The minimum Gasteiger partial charge on any atom is -0.508 e. The van der Waals surface area contributed by atoms with E-state index in [9.17, 15) is 117 Å². The van der Waals surface area contributed by atoms with Gasteiger partial charge in [0.05, 0.1) is 43.0 Å². The van der Waals surface area contributed by atoms with Crippen molar-refractivity contribution in [2.24, 2.45) is 5.92 Å². The van der Waals surface area contributed by atoms with Crippen molar-refractivity contribution in [3.63, 3.8) is 0 Å². The van der Waals surface area contributed by atoms with Gasteiger partial charge >= 0.3 is 0 Å². The van der Waals surface area contributed by atoms with Crippen molar-refractivity contribution in [2.75, 3.05) is 19.8 Å². The van der Waals surface area contributed by atoms with Crippen molar-refractivity contribution in [3.8, 4) is 11.5 Å². The second kappa shape index (κ2) is 22.5. The molecule has 0 spiro atoms. The first kappa shape index (κ1) is 57.9. The normalized spacial score (nSPS) is 34.5. The van der Waals surface area contributed by atoms with Crippen LogP contribution in [0.2, 0.25) is 0 Å². The Bertz CT molecular complexity index is 2530. The molecule has 1 unspecified atom stereocenters. The van der Waals surface area contributed by atoms with Gasteiger partial charge in [-0.15, -0.1) is 0 Å². The molecule has 2 heterocycles. The van der Waals surface area contributed by atoms with Gasteiger partial charge in [-0.2, -0.15) is 0 Å². The lowest BCUT2D eigenvalue weighted by Crippen LogP contribution is -2.72. The number of rotatable bonds is 15. The quantitative estimate of drug-likeness (QED) is 0.0448. The third-order valence-corrected chi connectivity index (χ3v) is 13.3. The molecule has 408 valence electrons. The molecule has 2 fully saturated rings. The molecule has 2 aliphatic heterocycles. The van der Waals surface area contributed by atoms with Crippen molar-refractivity contribution in [1.29, 1.82) is 0 Å². The van der Waals surface area contributed by atoms with Crippen LogP contribution in [0.25, 0.3) is 12.2 Å². The zero-order valence-electron chi connectivity index (χ0n) is 38.6. The minimum absolute atomic E-state index is 0.0960. The minimum atomic E-state index is -4.30. The lowest BCUT2D eigenvalue weighted by atomic mass is 9.62. The average molecular weight is 1060 g/mol. The number of phenols is 2. The molecule has 0 radical (unpaired) electrons. The van der Waals surface area contributed by atoms with Crippen molar-refractivity contribution in [1.82, 2.24) is 0 Å². The molecule has 27 nitrogen and oxygen atoms in total. The standard InChI is InChI=1S/C48H54O27/c49-13-22(56)30(57)36(63)35(62)27(28-33(60)25(20(54)11-5-16-1-7-18(52)8-2-16)41(68)47(72,43(28)70)45-39(66)37(64)31(58)23(14-50)74-45)29-34(61)26(21(55)12-6-17-3-9-19(53)10-4-17)42(69)48(73,44(29)71)46-40(67)38(65)32(59)24(15-51)75-46/h1-12,22-24,27,30-32,35-40,45-46,49-67,72-73H,13-15H2/t22-,23-,24-,27?,30-,31+,32+,35+,36-,37-,38+,39+,40-,45-,46-,47+,48+/m0/s1. The Balaban J connectivity index is 1.77. The zero-order valence-corrected chi connectivity index (χ0v) is 38.6. The summed E-state index contributed by atoms with van der Waals surface area (Å²) >= 11 is 0. The van der Waals surface area contributed by atoms with Crippen LogP contribution >= 0.6 is 0 Å². The predicted octanol–water partition coefficient (Wildman–Crippen LogP) is -6.42. The number of carbonyl (C=O) groups is 4. The van der Waals surface area contributed by atoms with Crippen LogP contribution in [0.3, 0.4) is 0 Å². The highest BCUT2D eigenvalue weighted by atomic mass is 16.6. The molecule has 0 aromatic heterocycles. The summed E-state index contributed by atoms with van der Waals surface area (Å²) in [5.41, 5.74) is -15.7. The van der Waals surface area contributed by atoms with Gasteiger partial charge in [-0.3, -0.25) is 19.2 Å². The Morgan fingerprint density at radius 1 is 0.507 bits per heavy atom. The second-order valence-electron chi connectivity index (χ2n) is 17.9. The summed E-state index contributed by atoms with van der Waals surface area (Å²) in [5, 5.41) is 233. The van der Waals surface area contributed by atoms with Crippen LogP contribution in [0.15, 0.2) is 106 Å². The van der Waals surface area contributed by atoms with Crippen LogP contribution < -0.4 is 0 Å². The number of carbonyl (C=O) groups excluding carboxylic acids is 4. The van der Waals surface area contributed by atoms with Gasteiger partial charge in [-0.05, 0) is 47.5 Å². The molecule has 2 aromatic rings. The van der Waals surface area contributed by atoms with E-state index in [4.69, 9.17) is 9.47 Å². The highest BCUT2D eigenvalue weighted by Crippen LogP contribution is 2.48. The number of ether oxygens (including phenoxy) is 2. The van der Waals surface area contributed by atoms with Gasteiger partial charge in [-0.25, -0.2) is 0 Å². The van der Waals surface area contributed by atoms with Gasteiger partial charge in [0, 0.05) is 0 Å². The number of hydrogen-bond donors (Lipinski definition) is 21. The van der Waals surface area contributed by atoms with Gasteiger partial charge < -0.3 is 117 Å². The van der Waals surface area contributed by atoms with Gasteiger partial charge in [0.15, 0.2) is 0 Å². The Morgan fingerprint density at radius 3 is 1.17 bits per heavy atom. The van der Waals surface area contributed by atoms with Gasteiger partial charge in [0.25, 0.3) is 0 Å². The van der Waals surface area contributed by atoms with Crippen LogP contribution in [0, 0.1) is 5.92 Å². The topological polar surface area (TPSA) is 512 Å². The molecule has 2 aromatic carbocycles. The number of aromatic hydroxyl groups is 2. The fourth-order valence-electron chi connectivity index (χ4n) is 9.07. The summed E-state index contributed by atoms with van der Waals surface area (Å²) in [6.45, 7) is -4.07. The number of aliphatic hydroxyl groups excluding tert-OH is 17. The molecule has 0 amide bonds. The highest BCUT2D eigenvalue weighted by molar-refractivity contribution is 6.31. The van der Waals surface area contributed by atoms with Crippen molar-refractivity contribution in [3.05, 3.63) is 117 Å². The number of benzene rings is 2. The summed E-state index contributed by atoms with van der Waals surface area (Å²) < 4.78 is 10.7. The first-order chi connectivity index (χ1) is 35.2. The first-order valence-corrected chi connectivity index (χ1v) is 22.4. The average Bonchev–Trinajstić information content (AvgIpc) is 3.39. The predicted molar refractivity (Wildman–Crippen MR) is 245 cm³/mol. The molecule has 0 saturated carbocycles. The third-order valence-electron chi connectivity index (χ3n) is 13.3. The second-order valence-corrected chi connectivity index (χ2v) is 17.9. The van der Waals surface area contributed by atoms with Crippen LogP contribution in [-0.4, -0.2) is 247 Å². The lowest BCUT2D eigenvalue weighted by Gasteiger charge is -2.48. The number of aliphatic hydroxyl groups is 19. The molecule has 2 aliphatic carbocycles. The Hall–Kier alpha value is -6.32. The maximum absolute atomic E-state index is 15.3. The van der Waals surface area contributed by atoms with E-state index in [1.54, 1.807) is 0 Å². The Morgan fingerprint density at radius 2 is 0.853 bits per heavy atom. The molecule has 27 heteroatoms. The SMILES string of the molecule is O=C1C(=C(O)C=Cc2ccc(O)cc2)C(O)=C(C(C2=C(O)C(=C(O)C=Cc3ccc(O)cc3)C(=O)[C@](O)([C@H]3O[C@@H](CO)[C@@H](O)[C@@H](O)[C@@H]3O)C2=O)[C@@H](O)[C@@H](O)[C@@H](O)[C@@H](O)CO)C(=O)[C@@]1(O)[C@H]1O[C@@H](CO)[C@@H](O)[C@H](O)[C@H]1O. The van der Waals surface area contributed by atoms with Gasteiger partial charge in [0.1, 0.15) is 125 Å². The molecular weight excluding hydrogens is 1010 g/mol. The smallest absolute Gasteiger partial charge is 0.219 e. The number of phenolic OH excluding ortho intramolecular Hbond substituents is 2. The molecular formula is C48H54O27. The van der Waals surface area contributed by atoms with E-state index in [0.29, 0.717) is 12.2 Å². The molecule has 21 N–H and O–H groups in total. The first-order valence-electron chi connectivity index (χ1n) is 22.4. The molecule has 0 bridgehead atoms. The highest BCUT2D eigenvalue weighted by Gasteiger charge is 2.68. The van der Waals surface area contributed by atoms with Crippen LogP contribution in [0.5, 0.6) is 11.5 Å². The van der Waals surface area contributed by atoms with Gasteiger partial charge in [0.2, 0.25) is 34.3 Å².